The maximum atomic E-state index is 13.0. The van der Waals surface area contributed by atoms with Gasteiger partial charge in [0, 0.05) is 24.5 Å². The summed E-state index contributed by atoms with van der Waals surface area (Å²) in [6.07, 6.45) is 1.64. The van der Waals surface area contributed by atoms with E-state index in [0.29, 0.717) is 12.0 Å². The zero-order chi connectivity index (χ0) is 19.4. The van der Waals surface area contributed by atoms with Gasteiger partial charge in [-0.05, 0) is 23.8 Å². The number of ether oxygens (including phenoxy) is 2. The highest BCUT2D eigenvalue weighted by molar-refractivity contribution is 5.75. The minimum absolute atomic E-state index is 0.0713. The van der Waals surface area contributed by atoms with Crippen molar-refractivity contribution < 1.29 is 34.3 Å². The Balaban J connectivity index is 1.85. The van der Waals surface area contributed by atoms with Crippen LogP contribution in [0, 0.1) is 5.82 Å². The van der Waals surface area contributed by atoms with Gasteiger partial charge in [0.1, 0.15) is 11.6 Å². The van der Waals surface area contributed by atoms with E-state index in [1.807, 2.05) is 0 Å². The van der Waals surface area contributed by atoms with Gasteiger partial charge in [-0.25, -0.2) is 4.39 Å². The highest BCUT2D eigenvalue weighted by atomic mass is 19.1. The Hall–Kier alpha value is -2.61. The van der Waals surface area contributed by atoms with E-state index in [1.165, 1.54) is 18.2 Å². The first-order valence-corrected chi connectivity index (χ1v) is 8.55. The fourth-order valence-corrected chi connectivity index (χ4v) is 2.90. The molecule has 0 aliphatic carbocycles. The number of aliphatic hydroxyl groups is 2. The maximum absolute atomic E-state index is 13.0. The van der Waals surface area contributed by atoms with Gasteiger partial charge in [0.25, 0.3) is 0 Å². The Labute approximate surface area is 155 Å². The van der Waals surface area contributed by atoms with Crippen molar-refractivity contribution in [1.29, 1.82) is 0 Å². The van der Waals surface area contributed by atoms with Crippen LogP contribution in [-0.4, -0.2) is 45.5 Å². The van der Waals surface area contributed by atoms with Crippen LogP contribution in [0.5, 0.6) is 17.2 Å². The minimum Gasteiger partial charge on any atom is -0.508 e. The average molecular weight is 376 g/mol. The molecule has 3 rings (SSSR count). The van der Waals surface area contributed by atoms with Crippen molar-refractivity contribution in [3.63, 3.8) is 0 Å². The first-order chi connectivity index (χ1) is 12.9. The second-order valence-electron chi connectivity index (χ2n) is 6.38. The standard InChI is InChI=1S/C20H21FO6/c21-14-5-2-12(3-6-14)1-4-13-7-15(23)9-18(25)20(13)27-19-10-16(24)8-17(11-22)26-19/h1-7,9,16-17,19,22-25H,8,10-11H2/b4-1+/t16-,17-,19-/m0/s1. The molecule has 0 aromatic heterocycles. The van der Waals surface area contributed by atoms with Gasteiger partial charge >= 0.3 is 0 Å². The van der Waals surface area contributed by atoms with E-state index in [4.69, 9.17) is 9.47 Å². The van der Waals surface area contributed by atoms with Crippen LogP contribution in [0.3, 0.4) is 0 Å². The summed E-state index contributed by atoms with van der Waals surface area (Å²) in [5.74, 6) is -0.728. The van der Waals surface area contributed by atoms with Crippen LogP contribution in [0.4, 0.5) is 4.39 Å². The predicted octanol–water partition coefficient (Wildman–Crippen LogP) is 2.64. The molecule has 0 unspecified atom stereocenters. The number of phenolic OH excluding ortho intramolecular Hbond substituents is 2. The van der Waals surface area contributed by atoms with Crippen molar-refractivity contribution in [2.75, 3.05) is 6.61 Å². The number of rotatable bonds is 5. The lowest BCUT2D eigenvalue weighted by molar-refractivity contribution is -0.185. The largest absolute Gasteiger partial charge is 0.508 e. The van der Waals surface area contributed by atoms with E-state index < -0.39 is 18.5 Å². The quantitative estimate of drug-likeness (QED) is 0.599. The van der Waals surface area contributed by atoms with E-state index in [-0.39, 0.29) is 36.1 Å². The fourth-order valence-electron chi connectivity index (χ4n) is 2.90. The summed E-state index contributed by atoms with van der Waals surface area (Å²) < 4.78 is 24.3. The highest BCUT2D eigenvalue weighted by Crippen LogP contribution is 2.37. The molecule has 1 aliphatic rings. The van der Waals surface area contributed by atoms with Crippen molar-refractivity contribution in [3.8, 4) is 17.2 Å². The molecule has 1 aliphatic heterocycles. The lowest BCUT2D eigenvalue weighted by atomic mass is 10.1. The molecule has 0 radical (unpaired) electrons. The number of hydrogen-bond donors (Lipinski definition) is 4. The second-order valence-corrected chi connectivity index (χ2v) is 6.38. The molecule has 0 saturated carbocycles. The van der Waals surface area contributed by atoms with Crippen LogP contribution in [0.15, 0.2) is 36.4 Å². The third kappa shape index (κ3) is 4.97. The first kappa shape index (κ1) is 19.2. The monoisotopic (exact) mass is 376 g/mol. The molecule has 0 bridgehead atoms. The molecule has 1 heterocycles. The van der Waals surface area contributed by atoms with Crippen molar-refractivity contribution in [2.24, 2.45) is 0 Å². The number of phenols is 2. The van der Waals surface area contributed by atoms with Gasteiger partial charge in [0.05, 0.1) is 18.8 Å². The Kier molecular flexibility index (Phi) is 5.95. The number of halogens is 1. The maximum Gasteiger partial charge on any atom is 0.202 e. The van der Waals surface area contributed by atoms with E-state index in [2.05, 4.69) is 0 Å². The molecule has 0 spiro atoms. The molecule has 2 aromatic rings. The molecule has 1 fully saturated rings. The molecule has 3 atom stereocenters. The zero-order valence-corrected chi connectivity index (χ0v) is 14.5. The highest BCUT2D eigenvalue weighted by Gasteiger charge is 2.30. The molecular weight excluding hydrogens is 355 g/mol. The van der Waals surface area contributed by atoms with E-state index in [9.17, 15) is 24.8 Å². The van der Waals surface area contributed by atoms with Gasteiger partial charge < -0.3 is 29.9 Å². The van der Waals surface area contributed by atoms with Gasteiger partial charge in [-0.1, -0.05) is 24.3 Å². The van der Waals surface area contributed by atoms with Crippen LogP contribution in [-0.2, 0) is 4.74 Å². The molecule has 144 valence electrons. The summed E-state index contributed by atoms with van der Waals surface area (Å²) in [7, 11) is 0. The predicted molar refractivity (Wildman–Crippen MR) is 96.7 cm³/mol. The summed E-state index contributed by atoms with van der Waals surface area (Å²) >= 11 is 0. The van der Waals surface area contributed by atoms with E-state index >= 15 is 0 Å². The van der Waals surface area contributed by atoms with Crippen LogP contribution in [0.1, 0.15) is 24.0 Å². The van der Waals surface area contributed by atoms with Gasteiger partial charge in [-0.2, -0.15) is 0 Å². The van der Waals surface area contributed by atoms with Gasteiger partial charge in [-0.3, -0.25) is 0 Å². The van der Waals surface area contributed by atoms with Crippen molar-refractivity contribution in [3.05, 3.63) is 53.3 Å². The number of benzene rings is 2. The minimum atomic E-state index is -0.862. The Bertz CT molecular complexity index is 805. The van der Waals surface area contributed by atoms with Crippen LogP contribution < -0.4 is 4.74 Å². The topological polar surface area (TPSA) is 99.4 Å². The summed E-state index contributed by atoms with van der Waals surface area (Å²) in [4.78, 5) is 0. The first-order valence-electron chi connectivity index (χ1n) is 8.55. The third-order valence-corrected chi connectivity index (χ3v) is 4.20. The van der Waals surface area contributed by atoms with Crippen molar-refractivity contribution >= 4 is 12.2 Å². The molecule has 4 N–H and O–H groups in total. The number of aromatic hydroxyl groups is 2. The molecule has 27 heavy (non-hydrogen) atoms. The summed E-state index contributed by atoms with van der Waals surface area (Å²) in [6.45, 7) is -0.254. The zero-order valence-electron chi connectivity index (χ0n) is 14.5. The van der Waals surface area contributed by atoms with Crippen molar-refractivity contribution in [2.45, 2.75) is 31.3 Å². The number of hydrogen-bond acceptors (Lipinski definition) is 6. The van der Waals surface area contributed by atoms with Crippen LogP contribution >= 0.6 is 0 Å². The Morgan fingerprint density at radius 2 is 1.85 bits per heavy atom. The molecule has 1 saturated heterocycles. The molecule has 6 nitrogen and oxygen atoms in total. The lowest BCUT2D eigenvalue weighted by Gasteiger charge is -2.32. The molecule has 0 amide bonds. The lowest BCUT2D eigenvalue weighted by Crippen LogP contribution is -2.40. The van der Waals surface area contributed by atoms with Crippen molar-refractivity contribution in [1.82, 2.24) is 0 Å². The third-order valence-electron chi connectivity index (χ3n) is 4.20. The van der Waals surface area contributed by atoms with Crippen LogP contribution in [0.25, 0.3) is 12.2 Å². The van der Waals surface area contributed by atoms with Crippen LogP contribution in [0.2, 0.25) is 0 Å². The van der Waals surface area contributed by atoms with E-state index in [1.54, 1.807) is 24.3 Å². The second kappa shape index (κ2) is 8.39. The smallest absolute Gasteiger partial charge is 0.202 e. The van der Waals surface area contributed by atoms with Gasteiger partial charge in [-0.15, -0.1) is 0 Å². The Morgan fingerprint density at radius 1 is 1.11 bits per heavy atom. The summed E-state index contributed by atoms with van der Waals surface area (Å²) in [5.41, 5.74) is 1.09. The normalized spacial score (nSPS) is 22.9. The molecule has 7 heteroatoms. The Morgan fingerprint density at radius 3 is 2.56 bits per heavy atom. The van der Waals surface area contributed by atoms with Gasteiger partial charge in [0.15, 0.2) is 11.5 Å². The van der Waals surface area contributed by atoms with E-state index in [0.717, 1.165) is 11.6 Å². The average Bonchev–Trinajstić information content (AvgIpc) is 2.63. The molecule has 2 aromatic carbocycles. The summed E-state index contributed by atoms with van der Waals surface area (Å²) in [6, 6.07) is 8.35. The molecular formula is C20H21FO6. The SMILES string of the molecule is OC[C@@H]1C[C@H](O)C[C@H](Oc2c(O)cc(O)cc2/C=C/c2ccc(F)cc2)O1. The summed E-state index contributed by atoms with van der Waals surface area (Å²) in [5, 5.41) is 39.1. The van der Waals surface area contributed by atoms with Gasteiger partial charge in [0.2, 0.25) is 6.29 Å². The number of aliphatic hydroxyl groups excluding tert-OH is 2. The fraction of sp³-hybridized carbons (Fsp3) is 0.300.